The molecule has 0 heterocycles. The highest BCUT2D eigenvalue weighted by Gasteiger charge is 2.30. The lowest BCUT2D eigenvalue weighted by atomic mass is 9.72. The summed E-state index contributed by atoms with van der Waals surface area (Å²) in [6.07, 6.45) is 4.78. The first-order valence-electron chi connectivity index (χ1n) is 6.66. The van der Waals surface area contributed by atoms with Crippen LogP contribution < -0.4 is 0 Å². The second-order valence-corrected chi connectivity index (χ2v) is 4.66. The molecule has 0 N–H and O–H groups in total. The van der Waals surface area contributed by atoms with E-state index in [2.05, 4.69) is 73.2 Å². The van der Waals surface area contributed by atoms with Crippen LogP contribution in [0.2, 0.25) is 0 Å². The summed E-state index contributed by atoms with van der Waals surface area (Å²) >= 11 is 0. The highest BCUT2D eigenvalue weighted by atomic mass is 14.3. The van der Waals surface area contributed by atoms with Crippen molar-refractivity contribution in [3.63, 3.8) is 0 Å². The van der Waals surface area contributed by atoms with E-state index in [1.807, 2.05) is 24.3 Å². The molecule has 2 aromatic rings. The van der Waals surface area contributed by atoms with Gasteiger partial charge in [0.15, 0.2) is 0 Å². The fraction of sp³-hybridized carbons (Fsp3) is 0.100. The fourth-order valence-corrected chi connectivity index (χ4v) is 2.51. The van der Waals surface area contributed by atoms with Crippen LogP contribution in [0.3, 0.4) is 0 Å². The average molecular weight is 258 g/mol. The Balaban J connectivity index is 2.68. The van der Waals surface area contributed by atoms with Gasteiger partial charge in [-0.1, -0.05) is 73.8 Å². The van der Waals surface area contributed by atoms with Gasteiger partial charge in [0, 0.05) is 5.41 Å². The van der Waals surface area contributed by atoms with Crippen molar-refractivity contribution in [2.75, 3.05) is 0 Å². The lowest BCUT2D eigenvalue weighted by Crippen LogP contribution is -2.24. The van der Waals surface area contributed by atoms with Gasteiger partial charge < -0.3 is 0 Å². The lowest BCUT2D eigenvalue weighted by molar-refractivity contribution is 0.655. The molecule has 0 atom stereocenters. The summed E-state index contributed by atoms with van der Waals surface area (Å²) in [5.41, 5.74) is 8.01. The Hall–Kier alpha value is -2.52. The van der Waals surface area contributed by atoms with Crippen LogP contribution in [0.4, 0.5) is 0 Å². The largest absolute Gasteiger partial charge is 0.133 e. The molecule has 98 valence electrons. The highest BCUT2D eigenvalue weighted by molar-refractivity contribution is 5.45. The van der Waals surface area contributed by atoms with Crippen molar-refractivity contribution >= 4 is 0 Å². The first-order chi connectivity index (χ1) is 9.83. The molecule has 0 aromatic heterocycles. The summed E-state index contributed by atoms with van der Waals surface area (Å²) in [5.74, 6) is 0. The summed E-state index contributed by atoms with van der Waals surface area (Å²) in [6, 6.07) is 20.8. The molecule has 0 heteroatoms. The SMILES string of the molecule is C=C=CCC(C=C=C)(c1ccccc1)c1ccccc1. The maximum absolute atomic E-state index is 3.77. The predicted molar refractivity (Wildman–Crippen MR) is 85.7 cm³/mol. The van der Waals surface area contributed by atoms with Crippen LogP contribution in [-0.4, -0.2) is 0 Å². The molecule has 0 saturated carbocycles. The molecule has 20 heavy (non-hydrogen) atoms. The van der Waals surface area contributed by atoms with Crippen molar-refractivity contribution in [2.24, 2.45) is 0 Å². The lowest BCUT2D eigenvalue weighted by Gasteiger charge is -2.30. The minimum atomic E-state index is -0.269. The average Bonchev–Trinajstić information content (AvgIpc) is 2.53. The molecule has 0 fully saturated rings. The van der Waals surface area contributed by atoms with Gasteiger partial charge in [-0.05, 0) is 29.7 Å². The number of benzene rings is 2. The maximum Gasteiger partial charge on any atom is 0.0495 e. The third-order valence-electron chi connectivity index (χ3n) is 3.49. The van der Waals surface area contributed by atoms with E-state index in [-0.39, 0.29) is 5.41 Å². The highest BCUT2D eigenvalue weighted by Crippen LogP contribution is 2.37. The van der Waals surface area contributed by atoms with Gasteiger partial charge in [-0.25, -0.2) is 0 Å². The minimum Gasteiger partial charge on any atom is -0.133 e. The normalized spacial score (nSPS) is 10.2. The van der Waals surface area contributed by atoms with Gasteiger partial charge in [0.25, 0.3) is 0 Å². The van der Waals surface area contributed by atoms with Gasteiger partial charge in [0.2, 0.25) is 0 Å². The third-order valence-corrected chi connectivity index (χ3v) is 3.49. The molecule has 0 aliphatic rings. The Morgan fingerprint density at radius 3 is 1.70 bits per heavy atom. The van der Waals surface area contributed by atoms with Gasteiger partial charge in [0.05, 0.1) is 0 Å². The van der Waals surface area contributed by atoms with Gasteiger partial charge in [-0.15, -0.1) is 11.5 Å². The van der Waals surface area contributed by atoms with E-state index in [0.29, 0.717) is 0 Å². The van der Waals surface area contributed by atoms with Crippen molar-refractivity contribution in [3.8, 4) is 0 Å². The number of hydrogen-bond acceptors (Lipinski definition) is 0. The summed E-state index contributed by atoms with van der Waals surface area (Å²) in [7, 11) is 0. The first-order valence-corrected chi connectivity index (χ1v) is 6.66. The standard InChI is InChI=1S/C20H18/c1-3-5-17-20(16-4-2,18-12-8-6-9-13-18)19-14-10-7-11-15-19/h5-16H,1-2,17H2. The zero-order valence-corrected chi connectivity index (χ0v) is 11.5. The molecule has 0 aliphatic carbocycles. The van der Waals surface area contributed by atoms with Crippen molar-refractivity contribution in [1.82, 2.24) is 0 Å². The van der Waals surface area contributed by atoms with E-state index in [0.717, 1.165) is 6.42 Å². The third kappa shape index (κ3) is 2.73. The van der Waals surface area contributed by atoms with Gasteiger partial charge in [-0.3, -0.25) is 0 Å². The molecule has 0 unspecified atom stereocenters. The van der Waals surface area contributed by atoms with Crippen molar-refractivity contribution in [1.29, 1.82) is 0 Å². The minimum absolute atomic E-state index is 0.269. The number of rotatable bonds is 5. The van der Waals surface area contributed by atoms with Crippen LogP contribution in [0.5, 0.6) is 0 Å². The van der Waals surface area contributed by atoms with Crippen LogP contribution in [-0.2, 0) is 5.41 Å². The number of hydrogen-bond donors (Lipinski definition) is 0. The van der Waals surface area contributed by atoms with Crippen LogP contribution in [0.25, 0.3) is 0 Å². The van der Waals surface area contributed by atoms with E-state index in [1.54, 1.807) is 0 Å². The first kappa shape index (κ1) is 13.9. The van der Waals surface area contributed by atoms with E-state index in [9.17, 15) is 0 Å². The number of allylic oxidation sites excluding steroid dienone is 2. The molecule has 2 rings (SSSR count). The van der Waals surface area contributed by atoms with Crippen LogP contribution in [0.1, 0.15) is 17.5 Å². The van der Waals surface area contributed by atoms with Crippen LogP contribution in [0, 0.1) is 0 Å². The predicted octanol–water partition coefficient (Wildman–Crippen LogP) is 5.05. The monoisotopic (exact) mass is 258 g/mol. The topological polar surface area (TPSA) is 0 Å². The summed E-state index contributed by atoms with van der Waals surface area (Å²) in [4.78, 5) is 0. The second kappa shape index (κ2) is 6.59. The maximum atomic E-state index is 3.77. The van der Waals surface area contributed by atoms with E-state index < -0.39 is 0 Å². The van der Waals surface area contributed by atoms with Crippen molar-refractivity contribution in [3.05, 3.63) is 109 Å². The zero-order valence-electron chi connectivity index (χ0n) is 11.5. The van der Waals surface area contributed by atoms with Crippen molar-refractivity contribution in [2.45, 2.75) is 11.8 Å². The van der Waals surface area contributed by atoms with E-state index in [1.165, 1.54) is 11.1 Å². The Kier molecular flexibility index (Phi) is 4.58. The molecule has 2 aromatic carbocycles. The quantitative estimate of drug-likeness (QED) is 0.659. The van der Waals surface area contributed by atoms with E-state index >= 15 is 0 Å². The Labute approximate surface area is 121 Å². The van der Waals surface area contributed by atoms with Gasteiger partial charge in [-0.2, -0.15) is 0 Å². The molecular formula is C20H18. The van der Waals surface area contributed by atoms with Gasteiger partial charge >= 0.3 is 0 Å². The van der Waals surface area contributed by atoms with Crippen LogP contribution >= 0.6 is 0 Å². The van der Waals surface area contributed by atoms with E-state index in [4.69, 9.17) is 0 Å². The smallest absolute Gasteiger partial charge is 0.0495 e. The molecule has 0 bridgehead atoms. The molecule has 0 amide bonds. The second-order valence-electron chi connectivity index (χ2n) is 4.66. The van der Waals surface area contributed by atoms with Crippen LogP contribution in [0.15, 0.2) is 97.4 Å². The Morgan fingerprint density at radius 1 is 0.800 bits per heavy atom. The molecule has 0 radical (unpaired) electrons. The molecule has 0 spiro atoms. The Bertz CT molecular complexity index is 597. The molecule has 0 nitrogen and oxygen atoms in total. The van der Waals surface area contributed by atoms with Gasteiger partial charge in [0.1, 0.15) is 0 Å². The molecule has 0 saturated heterocycles. The summed E-state index contributed by atoms with van der Waals surface area (Å²) in [5, 5.41) is 0. The molecule has 0 aliphatic heterocycles. The van der Waals surface area contributed by atoms with Crippen molar-refractivity contribution < 1.29 is 0 Å². The fourth-order valence-electron chi connectivity index (χ4n) is 2.51. The molecular weight excluding hydrogens is 240 g/mol. The summed E-state index contributed by atoms with van der Waals surface area (Å²) in [6.45, 7) is 7.45. The zero-order chi connectivity index (χ0) is 14.3. The Morgan fingerprint density at radius 2 is 1.30 bits per heavy atom. The summed E-state index contributed by atoms with van der Waals surface area (Å²) < 4.78 is 0.